The van der Waals surface area contributed by atoms with Gasteiger partial charge < -0.3 is 5.11 Å². The molecule has 4 heteroatoms. The molecule has 0 saturated heterocycles. The molecule has 0 radical (unpaired) electrons. The molecule has 0 aliphatic rings. The van der Waals surface area contributed by atoms with E-state index < -0.39 is 6.10 Å². The maximum atomic E-state index is 13.0. The fraction of sp³-hybridized carbons (Fsp3) is 0.357. The van der Waals surface area contributed by atoms with Crippen LogP contribution in [-0.2, 0) is 13.0 Å². The molecule has 0 bridgehead atoms. The number of benzene rings is 1. The van der Waals surface area contributed by atoms with Crippen molar-refractivity contribution in [2.75, 3.05) is 0 Å². The van der Waals surface area contributed by atoms with E-state index >= 15 is 0 Å². The van der Waals surface area contributed by atoms with Gasteiger partial charge in [0.05, 0.1) is 12.3 Å². The molecule has 0 saturated carbocycles. The van der Waals surface area contributed by atoms with Crippen molar-refractivity contribution in [1.82, 2.24) is 9.78 Å². The van der Waals surface area contributed by atoms with Crippen LogP contribution in [-0.4, -0.2) is 14.9 Å². The van der Waals surface area contributed by atoms with Crippen LogP contribution in [0.5, 0.6) is 0 Å². The van der Waals surface area contributed by atoms with Gasteiger partial charge in [-0.2, -0.15) is 5.10 Å². The average molecular weight is 248 g/mol. The minimum atomic E-state index is -0.602. The van der Waals surface area contributed by atoms with Crippen LogP contribution in [0.3, 0.4) is 0 Å². The summed E-state index contributed by atoms with van der Waals surface area (Å²) in [5.74, 6) is -0.246. The van der Waals surface area contributed by atoms with Gasteiger partial charge in [-0.1, -0.05) is 6.07 Å². The lowest BCUT2D eigenvalue weighted by Gasteiger charge is -2.10. The number of hydrogen-bond acceptors (Lipinski definition) is 2. The van der Waals surface area contributed by atoms with Crippen molar-refractivity contribution in [3.63, 3.8) is 0 Å². The number of hydrogen-bond donors (Lipinski definition) is 1. The molecule has 3 nitrogen and oxygen atoms in total. The number of aryl methyl sites for hydroxylation is 2. The van der Waals surface area contributed by atoms with Crippen LogP contribution in [0.4, 0.5) is 4.39 Å². The van der Waals surface area contributed by atoms with Gasteiger partial charge in [0.1, 0.15) is 5.82 Å². The standard InChI is InChI=1S/C14H17FN2O/c1-3-17-9-12(8-16-17)14(18)7-11-4-5-13(15)6-10(11)2/h4-6,8-9,14,18H,3,7H2,1-2H3. The van der Waals surface area contributed by atoms with Gasteiger partial charge in [-0.25, -0.2) is 4.39 Å². The molecule has 18 heavy (non-hydrogen) atoms. The summed E-state index contributed by atoms with van der Waals surface area (Å²) in [5, 5.41) is 14.3. The lowest BCUT2D eigenvalue weighted by atomic mass is 10.00. The molecule has 96 valence electrons. The summed E-state index contributed by atoms with van der Waals surface area (Å²) in [6.45, 7) is 4.62. The predicted molar refractivity (Wildman–Crippen MR) is 67.7 cm³/mol. The van der Waals surface area contributed by atoms with E-state index in [0.29, 0.717) is 6.42 Å². The van der Waals surface area contributed by atoms with Gasteiger partial charge >= 0.3 is 0 Å². The molecular formula is C14H17FN2O. The number of rotatable bonds is 4. The number of aromatic nitrogens is 2. The monoisotopic (exact) mass is 248 g/mol. The first-order chi connectivity index (χ1) is 8.60. The van der Waals surface area contributed by atoms with Crippen LogP contribution in [0.2, 0.25) is 0 Å². The molecule has 1 N–H and O–H groups in total. The van der Waals surface area contributed by atoms with Gasteiger partial charge in [-0.15, -0.1) is 0 Å². The van der Waals surface area contributed by atoms with Crippen LogP contribution < -0.4 is 0 Å². The zero-order chi connectivity index (χ0) is 13.1. The summed E-state index contributed by atoms with van der Waals surface area (Å²) in [4.78, 5) is 0. The Morgan fingerprint density at radius 2 is 2.22 bits per heavy atom. The summed E-state index contributed by atoms with van der Waals surface area (Å²) >= 11 is 0. The van der Waals surface area contributed by atoms with Crippen molar-refractivity contribution >= 4 is 0 Å². The average Bonchev–Trinajstić information content (AvgIpc) is 2.81. The van der Waals surface area contributed by atoms with E-state index in [1.807, 2.05) is 20.0 Å². The maximum absolute atomic E-state index is 13.0. The quantitative estimate of drug-likeness (QED) is 0.903. The van der Waals surface area contributed by atoms with Crippen molar-refractivity contribution in [3.05, 3.63) is 53.1 Å². The molecule has 0 amide bonds. The van der Waals surface area contributed by atoms with Crippen LogP contribution in [0.25, 0.3) is 0 Å². The zero-order valence-electron chi connectivity index (χ0n) is 10.6. The van der Waals surface area contributed by atoms with E-state index in [9.17, 15) is 9.50 Å². The second kappa shape index (κ2) is 5.31. The lowest BCUT2D eigenvalue weighted by molar-refractivity contribution is 0.178. The molecule has 2 rings (SSSR count). The zero-order valence-corrected chi connectivity index (χ0v) is 10.6. The lowest BCUT2D eigenvalue weighted by Crippen LogP contribution is -2.03. The summed E-state index contributed by atoms with van der Waals surface area (Å²) in [6, 6.07) is 4.63. The number of nitrogens with zero attached hydrogens (tertiary/aromatic N) is 2. The summed E-state index contributed by atoms with van der Waals surface area (Å²) in [7, 11) is 0. The molecule has 1 heterocycles. The van der Waals surface area contributed by atoms with Crippen molar-refractivity contribution in [2.45, 2.75) is 32.9 Å². The highest BCUT2D eigenvalue weighted by molar-refractivity contribution is 5.28. The van der Waals surface area contributed by atoms with Crippen LogP contribution in [0.1, 0.15) is 29.7 Å². The fourth-order valence-corrected chi connectivity index (χ4v) is 1.94. The van der Waals surface area contributed by atoms with E-state index in [-0.39, 0.29) is 5.82 Å². The highest BCUT2D eigenvalue weighted by Gasteiger charge is 2.12. The highest BCUT2D eigenvalue weighted by Crippen LogP contribution is 2.20. The first-order valence-corrected chi connectivity index (χ1v) is 6.05. The highest BCUT2D eigenvalue weighted by atomic mass is 19.1. The van der Waals surface area contributed by atoms with E-state index in [2.05, 4.69) is 5.10 Å². The molecular weight excluding hydrogens is 231 g/mol. The number of halogens is 1. The van der Waals surface area contributed by atoms with Crippen molar-refractivity contribution in [3.8, 4) is 0 Å². The first-order valence-electron chi connectivity index (χ1n) is 6.05. The van der Waals surface area contributed by atoms with Crippen molar-refractivity contribution in [1.29, 1.82) is 0 Å². The third-order valence-electron chi connectivity index (χ3n) is 3.08. The van der Waals surface area contributed by atoms with E-state index in [1.165, 1.54) is 12.1 Å². The van der Waals surface area contributed by atoms with Gasteiger partial charge in [0.25, 0.3) is 0 Å². The Hall–Kier alpha value is -1.68. The Balaban J connectivity index is 2.13. The van der Waals surface area contributed by atoms with Gasteiger partial charge in [-0.3, -0.25) is 4.68 Å². The normalized spacial score (nSPS) is 12.7. The number of aliphatic hydroxyl groups excluding tert-OH is 1. The van der Waals surface area contributed by atoms with E-state index in [0.717, 1.165) is 23.2 Å². The van der Waals surface area contributed by atoms with E-state index in [1.54, 1.807) is 16.9 Å². The minimum absolute atomic E-state index is 0.246. The Labute approximate surface area is 106 Å². The Morgan fingerprint density at radius 3 is 2.83 bits per heavy atom. The Morgan fingerprint density at radius 1 is 1.44 bits per heavy atom. The van der Waals surface area contributed by atoms with Crippen molar-refractivity contribution < 1.29 is 9.50 Å². The molecule has 1 aromatic carbocycles. The predicted octanol–water partition coefficient (Wildman–Crippen LogP) is 2.63. The largest absolute Gasteiger partial charge is 0.388 e. The smallest absolute Gasteiger partial charge is 0.123 e. The van der Waals surface area contributed by atoms with Gasteiger partial charge in [0.15, 0.2) is 0 Å². The molecule has 1 aromatic heterocycles. The SMILES string of the molecule is CCn1cc(C(O)Cc2ccc(F)cc2C)cn1. The first kappa shape index (κ1) is 12.8. The number of aliphatic hydroxyl groups is 1. The summed E-state index contributed by atoms with van der Waals surface area (Å²) < 4.78 is 14.8. The van der Waals surface area contributed by atoms with Crippen LogP contribution >= 0.6 is 0 Å². The summed E-state index contributed by atoms with van der Waals surface area (Å²) in [6.07, 6.45) is 3.38. The van der Waals surface area contributed by atoms with Gasteiger partial charge in [0, 0.05) is 24.7 Å². The Bertz CT molecular complexity index is 536. The third kappa shape index (κ3) is 2.76. The van der Waals surface area contributed by atoms with Gasteiger partial charge in [-0.05, 0) is 37.1 Å². The third-order valence-corrected chi connectivity index (χ3v) is 3.08. The summed E-state index contributed by atoms with van der Waals surface area (Å²) in [5.41, 5.74) is 2.60. The van der Waals surface area contributed by atoms with E-state index in [4.69, 9.17) is 0 Å². The molecule has 1 unspecified atom stereocenters. The minimum Gasteiger partial charge on any atom is -0.388 e. The Kier molecular flexibility index (Phi) is 3.77. The topological polar surface area (TPSA) is 38.0 Å². The van der Waals surface area contributed by atoms with Crippen molar-refractivity contribution in [2.24, 2.45) is 0 Å². The fourth-order valence-electron chi connectivity index (χ4n) is 1.94. The molecule has 0 fully saturated rings. The molecule has 0 spiro atoms. The maximum Gasteiger partial charge on any atom is 0.123 e. The van der Waals surface area contributed by atoms with Crippen LogP contribution in [0.15, 0.2) is 30.6 Å². The molecule has 1 atom stereocenters. The second-order valence-corrected chi connectivity index (χ2v) is 4.42. The second-order valence-electron chi connectivity index (χ2n) is 4.42. The molecule has 2 aromatic rings. The molecule has 0 aliphatic carbocycles. The molecule has 0 aliphatic heterocycles. The van der Waals surface area contributed by atoms with Gasteiger partial charge in [0.2, 0.25) is 0 Å². The van der Waals surface area contributed by atoms with Crippen LogP contribution in [0, 0.1) is 12.7 Å².